The quantitative estimate of drug-likeness (QED) is 0.862. The molecule has 7 heteroatoms. The number of aryl methyl sites for hydroxylation is 2. The maximum Gasteiger partial charge on any atom is 0.244 e. The zero-order valence-corrected chi connectivity index (χ0v) is 14.2. The van der Waals surface area contributed by atoms with Crippen LogP contribution >= 0.6 is 0 Å². The van der Waals surface area contributed by atoms with Crippen molar-refractivity contribution in [3.8, 4) is 0 Å². The first kappa shape index (κ1) is 15.4. The second kappa shape index (κ2) is 6.37. The van der Waals surface area contributed by atoms with Crippen LogP contribution in [0.1, 0.15) is 55.4 Å². The molecule has 1 saturated heterocycles. The maximum absolute atomic E-state index is 12.8. The highest BCUT2D eigenvalue weighted by Gasteiger charge is 2.34. The van der Waals surface area contributed by atoms with E-state index in [1.54, 1.807) is 10.9 Å². The summed E-state index contributed by atoms with van der Waals surface area (Å²) >= 11 is 0. The van der Waals surface area contributed by atoms with Crippen LogP contribution in [0, 0.1) is 6.92 Å². The number of hydrogen-bond acceptors (Lipinski definition) is 4. The van der Waals surface area contributed by atoms with Crippen LogP contribution in [0.2, 0.25) is 0 Å². The zero-order valence-electron chi connectivity index (χ0n) is 14.2. The molecule has 2 aliphatic heterocycles. The summed E-state index contributed by atoms with van der Waals surface area (Å²) in [7, 11) is 0. The average Bonchev–Trinajstić information content (AvgIpc) is 3.24. The van der Waals surface area contributed by atoms with Crippen molar-refractivity contribution in [2.45, 2.75) is 64.6 Å². The summed E-state index contributed by atoms with van der Waals surface area (Å²) in [5, 5.41) is 13.1. The third-order valence-corrected chi connectivity index (χ3v) is 5.07. The molecular weight excluding hydrogens is 304 g/mol. The number of carbonyl (C=O) groups is 1. The van der Waals surface area contributed by atoms with E-state index in [9.17, 15) is 4.79 Å². The summed E-state index contributed by atoms with van der Waals surface area (Å²) in [5.74, 6) is 2.19. The van der Waals surface area contributed by atoms with Crippen LogP contribution in [0.25, 0.3) is 0 Å². The largest absolute Gasteiger partial charge is 0.331 e. The first-order chi connectivity index (χ1) is 11.7. The Morgan fingerprint density at radius 2 is 2.12 bits per heavy atom. The number of hydrogen-bond donors (Lipinski definition) is 0. The second-order valence-corrected chi connectivity index (χ2v) is 6.90. The van der Waals surface area contributed by atoms with Crippen molar-refractivity contribution in [1.29, 1.82) is 0 Å². The average molecular weight is 328 g/mol. The minimum Gasteiger partial charge on any atom is -0.331 e. The summed E-state index contributed by atoms with van der Waals surface area (Å²) in [6, 6.07) is 0.0634. The van der Waals surface area contributed by atoms with Gasteiger partial charge in [-0.05, 0) is 38.2 Å². The van der Waals surface area contributed by atoms with E-state index in [0.29, 0.717) is 6.54 Å². The first-order valence-electron chi connectivity index (χ1n) is 8.93. The Morgan fingerprint density at radius 1 is 1.21 bits per heavy atom. The highest BCUT2D eigenvalue weighted by atomic mass is 16.2. The monoisotopic (exact) mass is 328 g/mol. The Kier molecular flexibility index (Phi) is 4.08. The fourth-order valence-corrected chi connectivity index (χ4v) is 3.87. The van der Waals surface area contributed by atoms with Crippen molar-refractivity contribution >= 4 is 5.91 Å². The summed E-state index contributed by atoms with van der Waals surface area (Å²) in [4.78, 5) is 14.7. The molecule has 7 nitrogen and oxygen atoms in total. The molecule has 4 heterocycles. The molecule has 0 bridgehead atoms. The molecule has 2 aromatic rings. The highest BCUT2D eigenvalue weighted by Crippen LogP contribution is 2.32. The summed E-state index contributed by atoms with van der Waals surface area (Å²) in [6.07, 6.45) is 10.3. The van der Waals surface area contributed by atoms with Crippen LogP contribution in [0.5, 0.6) is 0 Å². The maximum atomic E-state index is 12.8. The minimum atomic E-state index is 0.0634. The Balaban J connectivity index is 1.54. The van der Waals surface area contributed by atoms with Crippen molar-refractivity contribution in [3.05, 3.63) is 29.6 Å². The lowest BCUT2D eigenvalue weighted by atomic mass is 10.2. The van der Waals surface area contributed by atoms with Crippen LogP contribution in [0.15, 0.2) is 12.4 Å². The second-order valence-electron chi connectivity index (χ2n) is 6.90. The van der Waals surface area contributed by atoms with Crippen molar-refractivity contribution in [1.82, 2.24) is 29.4 Å². The van der Waals surface area contributed by atoms with Gasteiger partial charge in [-0.25, -0.2) is 0 Å². The molecule has 128 valence electrons. The molecule has 4 rings (SSSR count). The molecule has 0 saturated carbocycles. The van der Waals surface area contributed by atoms with Gasteiger partial charge >= 0.3 is 0 Å². The number of fused-ring (bicyclic) bond motifs is 1. The molecule has 1 atom stereocenters. The fraction of sp³-hybridized carbons (Fsp3) is 0.647. The van der Waals surface area contributed by atoms with Gasteiger partial charge in [-0.15, -0.1) is 10.2 Å². The van der Waals surface area contributed by atoms with Gasteiger partial charge in [0.05, 0.1) is 12.2 Å². The lowest BCUT2D eigenvalue weighted by Crippen LogP contribution is -2.34. The van der Waals surface area contributed by atoms with Crippen LogP contribution in [-0.2, 0) is 24.3 Å². The van der Waals surface area contributed by atoms with Gasteiger partial charge in [0.15, 0.2) is 5.82 Å². The molecule has 1 fully saturated rings. The van der Waals surface area contributed by atoms with Crippen LogP contribution in [-0.4, -0.2) is 41.9 Å². The van der Waals surface area contributed by atoms with E-state index < -0.39 is 0 Å². The van der Waals surface area contributed by atoms with Crippen molar-refractivity contribution in [2.75, 3.05) is 6.54 Å². The number of aromatic nitrogens is 5. The summed E-state index contributed by atoms with van der Waals surface area (Å²) in [5.41, 5.74) is 1.07. The zero-order chi connectivity index (χ0) is 16.5. The van der Waals surface area contributed by atoms with E-state index in [2.05, 4.69) is 19.9 Å². The first-order valence-corrected chi connectivity index (χ1v) is 8.93. The number of carbonyl (C=O) groups excluding carboxylic acids is 1. The number of rotatable bonds is 3. The molecule has 0 radical (unpaired) electrons. The van der Waals surface area contributed by atoms with Crippen LogP contribution < -0.4 is 0 Å². The van der Waals surface area contributed by atoms with Crippen LogP contribution in [0.4, 0.5) is 0 Å². The highest BCUT2D eigenvalue weighted by molar-refractivity contribution is 5.76. The number of likely N-dealkylation sites (tertiary alicyclic amines) is 1. The van der Waals surface area contributed by atoms with E-state index in [-0.39, 0.29) is 11.9 Å². The van der Waals surface area contributed by atoms with Gasteiger partial charge in [0.1, 0.15) is 12.4 Å². The lowest BCUT2D eigenvalue weighted by Gasteiger charge is -2.24. The van der Waals surface area contributed by atoms with Gasteiger partial charge in [-0.2, -0.15) is 5.10 Å². The van der Waals surface area contributed by atoms with E-state index in [1.807, 2.05) is 18.0 Å². The van der Waals surface area contributed by atoms with Crippen molar-refractivity contribution < 1.29 is 4.79 Å². The molecular formula is C17H24N6O. The van der Waals surface area contributed by atoms with E-state index in [4.69, 9.17) is 0 Å². The molecule has 24 heavy (non-hydrogen) atoms. The van der Waals surface area contributed by atoms with Gasteiger partial charge in [0, 0.05) is 25.7 Å². The van der Waals surface area contributed by atoms with Crippen molar-refractivity contribution in [3.63, 3.8) is 0 Å². The molecule has 2 aliphatic rings. The van der Waals surface area contributed by atoms with E-state index >= 15 is 0 Å². The molecule has 0 aliphatic carbocycles. The predicted molar refractivity (Wildman–Crippen MR) is 88.2 cm³/mol. The van der Waals surface area contributed by atoms with Gasteiger partial charge in [-0.3, -0.25) is 9.48 Å². The van der Waals surface area contributed by atoms with Gasteiger partial charge in [-0.1, -0.05) is 6.42 Å². The Bertz CT molecular complexity index is 733. The number of amides is 1. The Labute approximate surface area is 141 Å². The van der Waals surface area contributed by atoms with Crippen molar-refractivity contribution in [2.24, 2.45) is 0 Å². The predicted octanol–water partition coefficient (Wildman–Crippen LogP) is 1.87. The Morgan fingerprint density at radius 3 is 2.96 bits per heavy atom. The smallest absolute Gasteiger partial charge is 0.244 e. The molecule has 1 amide bonds. The third-order valence-electron chi connectivity index (χ3n) is 5.07. The fourth-order valence-electron chi connectivity index (χ4n) is 3.87. The van der Waals surface area contributed by atoms with E-state index in [1.165, 1.54) is 19.3 Å². The van der Waals surface area contributed by atoms with Gasteiger partial charge < -0.3 is 9.47 Å². The normalized spacial score (nSPS) is 20.9. The molecule has 0 N–H and O–H groups in total. The van der Waals surface area contributed by atoms with E-state index in [0.717, 1.165) is 49.6 Å². The lowest BCUT2D eigenvalue weighted by molar-refractivity contribution is -0.133. The minimum absolute atomic E-state index is 0.0634. The van der Waals surface area contributed by atoms with Gasteiger partial charge in [0.2, 0.25) is 5.91 Å². The summed E-state index contributed by atoms with van der Waals surface area (Å²) in [6.45, 7) is 4.06. The number of nitrogens with zero attached hydrogens (tertiary/aromatic N) is 6. The summed E-state index contributed by atoms with van der Waals surface area (Å²) < 4.78 is 3.98. The third kappa shape index (κ3) is 2.83. The standard InChI is InChI=1S/C17H24N6O/c1-13-10-18-21(11-13)12-16(24)22-9-5-6-14(22)17-20-19-15-7-3-2-4-8-23(15)17/h10-11,14H,2-9,12H2,1H3. The molecule has 0 spiro atoms. The Hall–Kier alpha value is -2.18. The molecule has 0 aromatic carbocycles. The SMILES string of the molecule is Cc1cnn(CC(=O)N2CCCC2c2nnc3n2CCCCC3)c1. The topological polar surface area (TPSA) is 68.8 Å². The molecule has 2 aromatic heterocycles. The molecule has 1 unspecified atom stereocenters. The van der Waals surface area contributed by atoms with Gasteiger partial charge in [0.25, 0.3) is 0 Å². The van der Waals surface area contributed by atoms with Crippen LogP contribution in [0.3, 0.4) is 0 Å².